The van der Waals surface area contributed by atoms with Crippen molar-refractivity contribution in [2.45, 2.75) is 0 Å². The molecule has 0 saturated heterocycles. The van der Waals surface area contributed by atoms with Gasteiger partial charge in [0.2, 0.25) is 11.8 Å². The van der Waals surface area contributed by atoms with Crippen LogP contribution < -0.4 is 11.5 Å². The van der Waals surface area contributed by atoms with Crippen molar-refractivity contribution in [2.24, 2.45) is 11.5 Å². The fourth-order valence-corrected chi connectivity index (χ4v) is 4.68. The van der Waals surface area contributed by atoms with Crippen LogP contribution in [0.3, 0.4) is 0 Å². The fourth-order valence-electron chi connectivity index (χ4n) is 3.10. The van der Waals surface area contributed by atoms with E-state index in [-0.39, 0.29) is 33.0 Å². The van der Waals surface area contributed by atoms with Gasteiger partial charge in [0, 0.05) is 31.7 Å². The summed E-state index contributed by atoms with van der Waals surface area (Å²) in [5.41, 5.74) is 9.30. The zero-order valence-corrected chi connectivity index (χ0v) is 17.9. The van der Waals surface area contributed by atoms with Gasteiger partial charge in [-0.25, -0.2) is 9.59 Å². The van der Waals surface area contributed by atoms with Crippen molar-refractivity contribution in [3.05, 3.63) is 81.5 Å². The molecule has 6 N–H and O–H groups in total. The maximum Gasteiger partial charge on any atom is 0.336 e. The Morgan fingerprint density at radius 1 is 0.594 bits per heavy atom. The number of carboxylic acids is 2. The van der Waals surface area contributed by atoms with Gasteiger partial charge in [0.1, 0.15) is 0 Å². The summed E-state index contributed by atoms with van der Waals surface area (Å²) < 4.78 is 0. The molecule has 4 aromatic rings. The molecule has 0 aliphatic rings. The molecule has 8 nitrogen and oxygen atoms in total. The second-order valence-corrected chi connectivity index (χ2v) is 8.26. The van der Waals surface area contributed by atoms with Gasteiger partial charge in [0.25, 0.3) is 0 Å². The van der Waals surface area contributed by atoms with E-state index < -0.39 is 23.8 Å². The summed E-state index contributed by atoms with van der Waals surface area (Å²) in [6, 6.07) is 12.8. The number of hydrogen-bond acceptors (Lipinski definition) is 6. The lowest BCUT2D eigenvalue weighted by Crippen LogP contribution is -2.18. The number of benzene rings is 2. The van der Waals surface area contributed by atoms with Crippen molar-refractivity contribution in [1.82, 2.24) is 0 Å². The van der Waals surface area contributed by atoms with Crippen molar-refractivity contribution in [3.63, 3.8) is 0 Å². The SMILES string of the molecule is NC(=O)c1ccc(C(N)=O)c2c(C(=O)O)ccc(C(=O)O)c12.c1csc(-c2cccs2)c1. The number of nitrogens with two attached hydrogens (primary N) is 2. The number of carbonyl (C=O) groups excluding carboxylic acids is 2. The van der Waals surface area contributed by atoms with Crippen LogP contribution in [0.2, 0.25) is 0 Å². The van der Waals surface area contributed by atoms with Crippen LogP contribution in [0.4, 0.5) is 0 Å². The average Bonchev–Trinajstić information content (AvgIpc) is 3.45. The summed E-state index contributed by atoms with van der Waals surface area (Å²) >= 11 is 3.58. The monoisotopic (exact) mass is 468 g/mol. The minimum atomic E-state index is -1.40. The smallest absolute Gasteiger partial charge is 0.336 e. The predicted molar refractivity (Wildman–Crippen MR) is 123 cm³/mol. The molecule has 162 valence electrons. The lowest BCUT2D eigenvalue weighted by atomic mass is 9.91. The maximum absolute atomic E-state index is 11.5. The van der Waals surface area contributed by atoms with Crippen molar-refractivity contribution in [1.29, 1.82) is 0 Å². The van der Waals surface area contributed by atoms with E-state index in [4.69, 9.17) is 11.5 Å². The lowest BCUT2D eigenvalue weighted by Gasteiger charge is -2.12. The van der Waals surface area contributed by atoms with E-state index in [1.807, 2.05) is 0 Å². The summed E-state index contributed by atoms with van der Waals surface area (Å²) in [7, 11) is 0. The quantitative estimate of drug-likeness (QED) is 0.347. The topological polar surface area (TPSA) is 161 Å². The van der Waals surface area contributed by atoms with Gasteiger partial charge in [-0.15, -0.1) is 22.7 Å². The van der Waals surface area contributed by atoms with E-state index >= 15 is 0 Å². The molecule has 0 aliphatic heterocycles. The van der Waals surface area contributed by atoms with Gasteiger partial charge in [-0.2, -0.15) is 0 Å². The van der Waals surface area contributed by atoms with Crippen LogP contribution in [0.1, 0.15) is 41.4 Å². The summed E-state index contributed by atoms with van der Waals surface area (Å²) in [5.74, 6) is -4.70. The third-order valence-corrected chi connectivity index (χ3v) is 6.37. The molecule has 2 aromatic carbocycles. The first-order valence-corrected chi connectivity index (χ1v) is 10.7. The number of amides is 2. The van der Waals surface area contributed by atoms with Crippen LogP contribution in [-0.4, -0.2) is 34.0 Å². The van der Waals surface area contributed by atoms with Gasteiger partial charge < -0.3 is 21.7 Å². The van der Waals surface area contributed by atoms with E-state index in [1.165, 1.54) is 9.75 Å². The highest BCUT2D eigenvalue weighted by molar-refractivity contribution is 7.20. The first-order valence-electron chi connectivity index (χ1n) is 8.95. The molecule has 0 bridgehead atoms. The van der Waals surface area contributed by atoms with E-state index in [1.54, 1.807) is 22.7 Å². The Morgan fingerprint density at radius 2 is 0.938 bits per heavy atom. The fraction of sp³-hybridized carbons (Fsp3) is 0. The lowest BCUT2D eigenvalue weighted by molar-refractivity contribution is 0.0684. The largest absolute Gasteiger partial charge is 0.478 e. The molecule has 0 fully saturated rings. The van der Waals surface area contributed by atoms with E-state index in [2.05, 4.69) is 35.0 Å². The summed E-state index contributed by atoms with van der Waals surface area (Å²) in [6.45, 7) is 0. The van der Waals surface area contributed by atoms with Gasteiger partial charge in [-0.05, 0) is 47.2 Å². The second kappa shape index (κ2) is 9.41. The van der Waals surface area contributed by atoms with Gasteiger partial charge in [0.05, 0.1) is 11.1 Å². The zero-order chi connectivity index (χ0) is 23.4. The molecule has 2 heterocycles. The highest BCUT2D eigenvalue weighted by Crippen LogP contribution is 2.30. The zero-order valence-electron chi connectivity index (χ0n) is 16.3. The highest BCUT2D eigenvalue weighted by Gasteiger charge is 2.23. The summed E-state index contributed by atoms with van der Waals surface area (Å²) in [6.07, 6.45) is 0. The molecule has 0 radical (unpaired) electrons. The van der Waals surface area contributed by atoms with E-state index in [0.29, 0.717) is 0 Å². The number of thiophene rings is 2. The Balaban J connectivity index is 0.000000238. The standard InChI is InChI=1S/C14H10N2O6.C8H6S2/c15-11(17)5-1-2-6(12(16)18)10-8(14(21)22)4-3-7(9(5)10)13(19)20;1-3-7(9-5-1)8-4-2-6-10-8/h1-4H,(H2,15,17)(H2,16,18)(H,19,20)(H,21,22);1-6H. The van der Waals surface area contributed by atoms with Crippen molar-refractivity contribution in [3.8, 4) is 9.75 Å². The Labute approximate surface area is 189 Å². The molecule has 0 aliphatic carbocycles. The summed E-state index contributed by atoms with van der Waals surface area (Å²) in [4.78, 5) is 48.4. The predicted octanol–water partition coefficient (Wildman–Crippen LogP) is 3.91. The third kappa shape index (κ3) is 4.51. The number of rotatable bonds is 5. The Kier molecular flexibility index (Phi) is 6.67. The number of primary amides is 2. The molecule has 4 rings (SSSR count). The van der Waals surface area contributed by atoms with E-state index in [9.17, 15) is 29.4 Å². The molecule has 0 spiro atoms. The van der Waals surface area contributed by atoms with Gasteiger partial charge in [0.15, 0.2) is 0 Å². The second-order valence-electron chi connectivity index (χ2n) is 6.36. The van der Waals surface area contributed by atoms with Crippen LogP contribution in [0.25, 0.3) is 20.5 Å². The molecule has 10 heteroatoms. The van der Waals surface area contributed by atoms with Crippen molar-refractivity contribution < 1.29 is 29.4 Å². The number of carbonyl (C=O) groups is 4. The van der Waals surface area contributed by atoms with Gasteiger partial charge >= 0.3 is 11.9 Å². The summed E-state index contributed by atoms with van der Waals surface area (Å²) in [5, 5.41) is 22.2. The molecule has 0 unspecified atom stereocenters. The number of aromatic carboxylic acids is 2. The average molecular weight is 469 g/mol. The van der Waals surface area contributed by atoms with Crippen molar-refractivity contribution in [2.75, 3.05) is 0 Å². The van der Waals surface area contributed by atoms with Crippen LogP contribution in [0, 0.1) is 0 Å². The molecular formula is C22H16N2O6S2. The minimum absolute atomic E-state index is 0.208. The van der Waals surface area contributed by atoms with Gasteiger partial charge in [-0.3, -0.25) is 9.59 Å². The highest BCUT2D eigenvalue weighted by atomic mass is 32.1. The molecule has 0 atom stereocenters. The first-order chi connectivity index (χ1) is 15.2. The van der Waals surface area contributed by atoms with Crippen LogP contribution in [-0.2, 0) is 0 Å². The molecule has 2 aromatic heterocycles. The normalized spacial score (nSPS) is 10.2. The van der Waals surface area contributed by atoms with Crippen LogP contribution in [0.5, 0.6) is 0 Å². The third-order valence-electron chi connectivity index (χ3n) is 4.44. The Bertz CT molecular complexity index is 1160. The first kappa shape index (κ1) is 22.7. The Hall–Kier alpha value is -4.02. The van der Waals surface area contributed by atoms with Gasteiger partial charge in [-0.1, -0.05) is 12.1 Å². The number of fused-ring (bicyclic) bond motifs is 1. The maximum atomic E-state index is 11.5. The Morgan fingerprint density at radius 3 is 1.19 bits per heavy atom. The van der Waals surface area contributed by atoms with E-state index in [0.717, 1.165) is 24.3 Å². The molecule has 2 amide bonds. The van der Waals surface area contributed by atoms with Crippen LogP contribution >= 0.6 is 22.7 Å². The van der Waals surface area contributed by atoms with Crippen LogP contribution in [0.15, 0.2) is 59.3 Å². The molecule has 0 saturated carbocycles. The van der Waals surface area contributed by atoms with Crippen molar-refractivity contribution >= 4 is 57.2 Å². The molecule has 32 heavy (non-hydrogen) atoms. The number of hydrogen-bond donors (Lipinski definition) is 4. The number of carboxylic acid groups (broad SMARTS) is 2. The minimum Gasteiger partial charge on any atom is -0.478 e. The molecular weight excluding hydrogens is 452 g/mol.